The lowest BCUT2D eigenvalue weighted by Crippen LogP contribution is -2.38. The summed E-state index contributed by atoms with van der Waals surface area (Å²) in [6.45, 7) is 0. The van der Waals surface area contributed by atoms with Crippen LogP contribution in [0.3, 0.4) is 0 Å². The second-order valence-corrected chi connectivity index (χ2v) is 11.4. The van der Waals surface area contributed by atoms with Crippen LogP contribution in [0.4, 0.5) is 5.69 Å². The van der Waals surface area contributed by atoms with Gasteiger partial charge in [-0.05, 0) is 23.8 Å². The Labute approximate surface area is 201 Å². The zero-order valence-electron chi connectivity index (χ0n) is 18.3. The molecule has 1 amide bonds. The second kappa shape index (κ2) is 9.44. The molecule has 11 heteroatoms. The van der Waals surface area contributed by atoms with Crippen LogP contribution in [0.5, 0.6) is 17.2 Å². The number of sulfone groups is 1. The Morgan fingerprint density at radius 2 is 1.79 bits per heavy atom. The van der Waals surface area contributed by atoms with Gasteiger partial charge in [0.25, 0.3) is 5.91 Å². The lowest BCUT2D eigenvalue weighted by molar-refractivity contribution is -0.117. The molecule has 2 fully saturated rings. The van der Waals surface area contributed by atoms with E-state index in [1.165, 1.54) is 26.0 Å². The van der Waals surface area contributed by atoms with Gasteiger partial charge in [0.15, 0.2) is 15.0 Å². The van der Waals surface area contributed by atoms with Gasteiger partial charge in [-0.15, -0.1) is 0 Å². The molecule has 0 aliphatic carbocycles. The van der Waals surface area contributed by atoms with Crippen LogP contribution in [0, 0.1) is 0 Å². The minimum Gasteiger partial charge on any atom is -0.497 e. The van der Waals surface area contributed by atoms with E-state index < -0.39 is 9.84 Å². The van der Waals surface area contributed by atoms with Crippen molar-refractivity contribution in [3.8, 4) is 17.2 Å². The SMILES string of the molecule is COc1ccc(CC(=O)N=C2SC3CS(=O)(=O)CC3N2c2cc(Cl)c(OC)cc2OC)cc1. The number of nitrogens with zero attached hydrogens (tertiary/aromatic N) is 2. The summed E-state index contributed by atoms with van der Waals surface area (Å²) in [5.41, 5.74) is 1.34. The quantitative estimate of drug-likeness (QED) is 0.584. The van der Waals surface area contributed by atoms with E-state index in [-0.39, 0.29) is 35.1 Å². The molecule has 0 aromatic heterocycles. The van der Waals surface area contributed by atoms with Gasteiger partial charge in [0.1, 0.15) is 17.2 Å². The highest BCUT2D eigenvalue weighted by Gasteiger charge is 2.50. The van der Waals surface area contributed by atoms with Crippen LogP contribution in [-0.2, 0) is 21.1 Å². The number of amides is 1. The molecule has 0 N–H and O–H groups in total. The third-order valence-corrected chi connectivity index (χ3v) is 9.02. The average molecular weight is 511 g/mol. The lowest BCUT2D eigenvalue weighted by Gasteiger charge is -2.26. The van der Waals surface area contributed by atoms with E-state index in [2.05, 4.69) is 4.99 Å². The summed E-state index contributed by atoms with van der Waals surface area (Å²) in [6, 6.07) is 10.1. The average Bonchev–Trinajstić information content (AvgIpc) is 3.24. The summed E-state index contributed by atoms with van der Waals surface area (Å²) < 4.78 is 40.6. The summed E-state index contributed by atoms with van der Waals surface area (Å²) in [7, 11) is 1.37. The van der Waals surface area contributed by atoms with Crippen LogP contribution in [-0.4, -0.2) is 63.6 Å². The van der Waals surface area contributed by atoms with Crippen LogP contribution in [0.25, 0.3) is 0 Å². The van der Waals surface area contributed by atoms with E-state index in [9.17, 15) is 13.2 Å². The van der Waals surface area contributed by atoms with E-state index in [0.717, 1.165) is 5.56 Å². The number of carbonyl (C=O) groups is 1. The molecular formula is C22H23ClN2O6S2. The smallest absolute Gasteiger partial charge is 0.252 e. The van der Waals surface area contributed by atoms with Gasteiger partial charge < -0.3 is 19.1 Å². The van der Waals surface area contributed by atoms with Gasteiger partial charge in [0.2, 0.25) is 0 Å². The molecule has 2 aromatic carbocycles. The third-order valence-electron chi connectivity index (χ3n) is 5.51. The molecule has 2 aromatic rings. The molecular weight excluding hydrogens is 488 g/mol. The maximum absolute atomic E-state index is 12.8. The van der Waals surface area contributed by atoms with Crippen LogP contribution < -0.4 is 19.1 Å². The monoisotopic (exact) mass is 510 g/mol. The maximum Gasteiger partial charge on any atom is 0.252 e. The summed E-state index contributed by atoms with van der Waals surface area (Å²) in [6.07, 6.45) is 0.107. The fourth-order valence-electron chi connectivity index (χ4n) is 3.94. The van der Waals surface area contributed by atoms with E-state index in [0.29, 0.717) is 33.1 Å². The number of fused-ring (bicyclic) bond motifs is 1. The predicted molar refractivity (Wildman–Crippen MR) is 130 cm³/mol. The van der Waals surface area contributed by atoms with Gasteiger partial charge in [-0.1, -0.05) is 35.5 Å². The Morgan fingerprint density at radius 3 is 2.42 bits per heavy atom. The van der Waals surface area contributed by atoms with Crippen LogP contribution in [0.2, 0.25) is 5.02 Å². The molecule has 0 radical (unpaired) electrons. The van der Waals surface area contributed by atoms with Gasteiger partial charge >= 0.3 is 0 Å². The first-order chi connectivity index (χ1) is 15.7. The molecule has 8 nitrogen and oxygen atoms in total. The molecule has 4 rings (SSSR count). The molecule has 0 spiro atoms. The highest BCUT2D eigenvalue weighted by molar-refractivity contribution is 8.16. The fraction of sp³-hybridized carbons (Fsp3) is 0.364. The van der Waals surface area contributed by atoms with Crippen LogP contribution in [0.15, 0.2) is 41.4 Å². The molecule has 2 atom stereocenters. The molecule has 2 saturated heterocycles. The lowest BCUT2D eigenvalue weighted by atomic mass is 10.1. The number of carbonyl (C=O) groups excluding carboxylic acids is 1. The van der Waals surface area contributed by atoms with Crippen molar-refractivity contribution in [2.24, 2.45) is 4.99 Å². The minimum absolute atomic E-state index is 0.0245. The van der Waals surface area contributed by atoms with Crippen molar-refractivity contribution in [1.29, 1.82) is 0 Å². The van der Waals surface area contributed by atoms with Gasteiger partial charge in [0, 0.05) is 11.3 Å². The third kappa shape index (κ3) is 4.92. The van der Waals surface area contributed by atoms with Crippen molar-refractivity contribution in [3.63, 3.8) is 0 Å². The van der Waals surface area contributed by atoms with Gasteiger partial charge in [-0.2, -0.15) is 4.99 Å². The Hall–Kier alpha value is -2.43. The number of halogens is 1. The van der Waals surface area contributed by atoms with Crippen molar-refractivity contribution in [3.05, 3.63) is 47.0 Å². The van der Waals surface area contributed by atoms with E-state index >= 15 is 0 Å². The Balaban J connectivity index is 1.70. The number of amidine groups is 1. The number of methoxy groups -OCH3 is 3. The number of hydrogen-bond donors (Lipinski definition) is 0. The number of anilines is 1. The van der Waals surface area contributed by atoms with Crippen molar-refractivity contribution in [1.82, 2.24) is 0 Å². The van der Waals surface area contributed by atoms with Gasteiger partial charge in [-0.3, -0.25) is 4.79 Å². The summed E-state index contributed by atoms with van der Waals surface area (Å²) in [4.78, 5) is 18.9. The standard InChI is InChI=1S/C22H23ClN2O6S2/c1-29-14-6-4-13(5-7-14)8-21(26)24-22-25(17-11-33(27,28)12-20(17)32-22)16-9-15(23)18(30-2)10-19(16)31-3/h4-7,9-10,17,20H,8,11-12H2,1-3H3. The molecule has 2 unspecified atom stereocenters. The van der Waals surface area contributed by atoms with Crippen LogP contribution in [0.1, 0.15) is 5.56 Å². The fourth-order valence-corrected chi connectivity index (χ4v) is 8.10. The summed E-state index contributed by atoms with van der Waals surface area (Å²) >= 11 is 7.66. The van der Waals surface area contributed by atoms with E-state index in [4.69, 9.17) is 25.8 Å². The topological polar surface area (TPSA) is 94.5 Å². The van der Waals surface area contributed by atoms with E-state index in [1.807, 2.05) is 12.1 Å². The maximum atomic E-state index is 12.8. The summed E-state index contributed by atoms with van der Waals surface area (Å²) in [5.74, 6) is 1.22. The molecule has 2 aliphatic rings. The highest BCUT2D eigenvalue weighted by Crippen LogP contribution is 2.46. The number of hydrogen-bond acceptors (Lipinski definition) is 7. The molecule has 0 saturated carbocycles. The van der Waals surface area contributed by atoms with Crippen molar-refractivity contribution >= 4 is 50.0 Å². The second-order valence-electron chi connectivity index (χ2n) is 7.64. The number of ether oxygens (including phenoxy) is 3. The molecule has 33 heavy (non-hydrogen) atoms. The van der Waals surface area contributed by atoms with Crippen molar-refractivity contribution < 1.29 is 27.4 Å². The zero-order valence-corrected chi connectivity index (χ0v) is 20.7. The Morgan fingerprint density at radius 1 is 1.09 bits per heavy atom. The Bertz CT molecular complexity index is 1200. The number of aliphatic imine (C=N–C) groups is 1. The first-order valence-electron chi connectivity index (χ1n) is 10.1. The van der Waals surface area contributed by atoms with Gasteiger partial charge in [-0.25, -0.2) is 8.42 Å². The normalized spacial score (nSPS) is 22.3. The predicted octanol–water partition coefficient (Wildman–Crippen LogP) is 3.21. The first kappa shape index (κ1) is 23.7. The minimum atomic E-state index is -3.21. The molecule has 176 valence electrons. The molecule has 2 aliphatic heterocycles. The largest absolute Gasteiger partial charge is 0.497 e. The van der Waals surface area contributed by atoms with E-state index in [1.54, 1.807) is 36.3 Å². The summed E-state index contributed by atoms with van der Waals surface area (Å²) in [5, 5.41) is 0.526. The Kier molecular flexibility index (Phi) is 6.78. The van der Waals surface area contributed by atoms with Crippen molar-refractivity contribution in [2.45, 2.75) is 17.7 Å². The number of benzene rings is 2. The van der Waals surface area contributed by atoms with Crippen molar-refractivity contribution in [2.75, 3.05) is 37.7 Å². The van der Waals surface area contributed by atoms with Crippen LogP contribution >= 0.6 is 23.4 Å². The first-order valence-corrected chi connectivity index (χ1v) is 13.1. The molecule has 0 bridgehead atoms. The number of thioether (sulfide) groups is 1. The number of rotatable bonds is 6. The van der Waals surface area contributed by atoms with Gasteiger partial charge in [0.05, 0.1) is 56.0 Å². The molecule has 2 heterocycles. The zero-order chi connectivity index (χ0) is 23.8. The highest BCUT2D eigenvalue weighted by atomic mass is 35.5.